The summed E-state index contributed by atoms with van der Waals surface area (Å²) in [6.45, 7) is 7.58. The molecule has 1 N–H and O–H groups in total. The normalized spacial score (nSPS) is 11.4. The van der Waals surface area contributed by atoms with Gasteiger partial charge in [0.2, 0.25) is 0 Å². The van der Waals surface area contributed by atoms with Crippen molar-refractivity contribution in [3.8, 4) is 0 Å². The van der Waals surface area contributed by atoms with Crippen molar-refractivity contribution in [2.24, 2.45) is 0 Å². The highest BCUT2D eigenvalue weighted by Gasteiger charge is 2.11. The van der Waals surface area contributed by atoms with Crippen LogP contribution in [-0.2, 0) is 0 Å². The van der Waals surface area contributed by atoms with Crippen molar-refractivity contribution < 1.29 is 0 Å². The van der Waals surface area contributed by atoms with Gasteiger partial charge in [0.15, 0.2) is 0 Å². The lowest BCUT2D eigenvalue weighted by Gasteiger charge is -2.23. The molecule has 90 valence electrons. The Morgan fingerprint density at radius 1 is 1.19 bits per heavy atom. The average molecular weight is 240 g/mol. The molecule has 1 aromatic rings. The summed E-state index contributed by atoms with van der Waals surface area (Å²) in [5, 5.41) is 3.49. The molecule has 2 heteroatoms. The van der Waals surface area contributed by atoms with Crippen molar-refractivity contribution >= 4 is 18.5 Å². The number of halogens is 1. The predicted octanol–water partition coefficient (Wildman–Crippen LogP) is 3.90. The first-order valence-corrected chi connectivity index (χ1v) is 5.61. The summed E-state index contributed by atoms with van der Waals surface area (Å²) in [6, 6.07) is 10.4. The molecule has 0 aromatic heterocycles. The summed E-state index contributed by atoms with van der Waals surface area (Å²) in [5.41, 5.74) is 1.50. The SMILES string of the molecule is CCC(C)(C)NC/C=C/c1ccccc1.Cl. The van der Waals surface area contributed by atoms with Crippen LogP contribution in [0.3, 0.4) is 0 Å². The minimum Gasteiger partial charge on any atom is -0.308 e. The molecule has 0 bridgehead atoms. The van der Waals surface area contributed by atoms with Gasteiger partial charge in [-0.15, -0.1) is 12.4 Å². The Bertz CT molecular complexity index is 304. The van der Waals surface area contributed by atoms with Gasteiger partial charge in [0.1, 0.15) is 0 Å². The minimum absolute atomic E-state index is 0. The topological polar surface area (TPSA) is 12.0 Å². The fourth-order valence-electron chi connectivity index (χ4n) is 1.22. The third kappa shape index (κ3) is 5.94. The summed E-state index contributed by atoms with van der Waals surface area (Å²) in [4.78, 5) is 0. The zero-order valence-electron chi connectivity index (χ0n) is 10.4. The minimum atomic E-state index is 0. The van der Waals surface area contributed by atoms with E-state index in [2.05, 4.69) is 62.5 Å². The molecule has 0 heterocycles. The fraction of sp³-hybridized carbons (Fsp3) is 0.429. The first kappa shape index (κ1) is 15.2. The van der Waals surface area contributed by atoms with Crippen LogP contribution in [0.25, 0.3) is 6.08 Å². The average Bonchev–Trinajstić information content (AvgIpc) is 2.26. The Kier molecular flexibility index (Phi) is 7.11. The van der Waals surface area contributed by atoms with Gasteiger partial charge in [0.25, 0.3) is 0 Å². The van der Waals surface area contributed by atoms with Crippen LogP contribution in [0.15, 0.2) is 36.4 Å². The standard InChI is InChI=1S/C14H21N.ClH/c1-4-14(2,3)15-12-8-11-13-9-6-5-7-10-13;/h5-11,15H,4,12H2,1-3H3;1H/b11-8+;. The van der Waals surface area contributed by atoms with Crippen molar-refractivity contribution in [2.45, 2.75) is 32.7 Å². The van der Waals surface area contributed by atoms with E-state index in [1.807, 2.05) is 6.07 Å². The second-order valence-corrected chi connectivity index (χ2v) is 4.43. The summed E-state index contributed by atoms with van der Waals surface area (Å²) in [5.74, 6) is 0. The lowest BCUT2D eigenvalue weighted by Crippen LogP contribution is -2.38. The quantitative estimate of drug-likeness (QED) is 0.822. The van der Waals surface area contributed by atoms with Gasteiger partial charge in [-0.3, -0.25) is 0 Å². The van der Waals surface area contributed by atoms with Crippen molar-refractivity contribution in [3.63, 3.8) is 0 Å². The Hall–Kier alpha value is -0.790. The number of nitrogens with one attached hydrogen (secondary N) is 1. The molecule has 16 heavy (non-hydrogen) atoms. The van der Waals surface area contributed by atoms with Crippen LogP contribution in [0.1, 0.15) is 32.8 Å². The van der Waals surface area contributed by atoms with Gasteiger partial charge in [0, 0.05) is 12.1 Å². The van der Waals surface area contributed by atoms with Crippen molar-refractivity contribution in [1.82, 2.24) is 5.32 Å². The molecular formula is C14H22ClN. The van der Waals surface area contributed by atoms with E-state index in [1.54, 1.807) is 0 Å². The molecule has 0 aliphatic carbocycles. The van der Waals surface area contributed by atoms with Crippen molar-refractivity contribution in [1.29, 1.82) is 0 Å². The van der Waals surface area contributed by atoms with E-state index in [1.165, 1.54) is 5.56 Å². The Labute approximate surface area is 105 Å². The van der Waals surface area contributed by atoms with E-state index in [4.69, 9.17) is 0 Å². The highest BCUT2D eigenvalue weighted by atomic mass is 35.5. The zero-order valence-corrected chi connectivity index (χ0v) is 11.2. The highest BCUT2D eigenvalue weighted by molar-refractivity contribution is 5.85. The molecular weight excluding hydrogens is 218 g/mol. The highest BCUT2D eigenvalue weighted by Crippen LogP contribution is 2.06. The first-order valence-electron chi connectivity index (χ1n) is 5.61. The third-order valence-corrected chi connectivity index (χ3v) is 2.69. The van der Waals surface area contributed by atoms with Crippen LogP contribution in [-0.4, -0.2) is 12.1 Å². The van der Waals surface area contributed by atoms with Crippen LogP contribution in [0.2, 0.25) is 0 Å². The van der Waals surface area contributed by atoms with Gasteiger partial charge in [-0.25, -0.2) is 0 Å². The second kappa shape index (κ2) is 7.48. The molecule has 0 aliphatic heterocycles. The number of rotatable bonds is 5. The molecule has 0 radical (unpaired) electrons. The van der Waals surface area contributed by atoms with E-state index in [9.17, 15) is 0 Å². The summed E-state index contributed by atoms with van der Waals surface area (Å²) >= 11 is 0. The lowest BCUT2D eigenvalue weighted by atomic mass is 10.0. The van der Waals surface area contributed by atoms with Crippen LogP contribution in [0, 0.1) is 0 Å². The first-order chi connectivity index (χ1) is 7.14. The fourth-order valence-corrected chi connectivity index (χ4v) is 1.22. The summed E-state index contributed by atoms with van der Waals surface area (Å²) in [7, 11) is 0. The monoisotopic (exact) mass is 239 g/mol. The molecule has 0 aliphatic rings. The molecule has 0 amide bonds. The Balaban J connectivity index is 0.00000225. The molecule has 1 nitrogen and oxygen atoms in total. The maximum absolute atomic E-state index is 3.49. The van der Waals surface area contributed by atoms with Crippen molar-refractivity contribution in [3.05, 3.63) is 42.0 Å². The maximum atomic E-state index is 3.49. The predicted molar refractivity (Wildman–Crippen MR) is 75.1 cm³/mol. The summed E-state index contributed by atoms with van der Waals surface area (Å²) in [6.07, 6.45) is 5.47. The largest absolute Gasteiger partial charge is 0.308 e. The maximum Gasteiger partial charge on any atom is 0.0143 e. The molecule has 0 fully saturated rings. The molecule has 0 unspecified atom stereocenters. The smallest absolute Gasteiger partial charge is 0.0143 e. The van der Waals surface area contributed by atoms with E-state index in [0.717, 1.165) is 13.0 Å². The van der Waals surface area contributed by atoms with Gasteiger partial charge in [0.05, 0.1) is 0 Å². The van der Waals surface area contributed by atoms with E-state index < -0.39 is 0 Å². The Morgan fingerprint density at radius 2 is 1.81 bits per heavy atom. The van der Waals surface area contributed by atoms with Gasteiger partial charge in [-0.2, -0.15) is 0 Å². The number of benzene rings is 1. The molecule has 0 saturated carbocycles. The number of hydrogen-bond acceptors (Lipinski definition) is 1. The molecule has 0 atom stereocenters. The van der Waals surface area contributed by atoms with E-state index in [0.29, 0.717) is 0 Å². The van der Waals surface area contributed by atoms with Gasteiger partial charge in [-0.1, -0.05) is 49.4 Å². The van der Waals surface area contributed by atoms with E-state index >= 15 is 0 Å². The zero-order chi connectivity index (χ0) is 11.1. The van der Waals surface area contributed by atoms with E-state index in [-0.39, 0.29) is 17.9 Å². The molecule has 0 spiro atoms. The van der Waals surface area contributed by atoms with Crippen molar-refractivity contribution in [2.75, 3.05) is 6.54 Å². The Morgan fingerprint density at radius 3 is 2.38 bits per heavy atom. The molecule has 0 saturated heterocycles. The van der Waals surface area contributed by atoms with Gasteiger partial charge < -0.3 is 5.32 Å². The lowest BCUT2D eigenvalue weighted by molar-refractivity contribution is 0.395. The van der Waals surface area contributed by atoms with Crippen LogP contribution in [0.5, 0.6) is 0 Å². The number of hydrogen-bond donors (Lipinski definition) is 1. The summed E-state index contributed by atoms with van der Waals surface area (Å²) < 4.78 is 0. The van der Waals surface area contributed by atoms with Gasteiger partial charge >= 0.3 is 0 Å². The second-order valence-electron chi connectivity index (χ2n) is 4.43. The van der Waals surface area contributed by atoms with Gasteiger partial charge in [-0.05, 0) is 25.8 Å². The van der Waals surface area contributed by atoms with Crippen LogP contribution < -0.4 is 5.32 Å². The molecule has 1 rings (SSSR count). The molecule has 1 aromatic carbocycles. The van der Waals surface area contributed by atoms with Crippen LogP contribution >= 0.6 is 12.4 Å². The third-order valence-electron chi connectivity index (χ3n) is 2.69. The van der Waals surface area contributed by atoms with Crippen LogP contribution in [0.4, 0.5) is 0 Å².